The van der Waals surface area contributed by atoms with E-state index in [-0.39, 0.29) is 23.9 Å². The smallest absolute Gasteiger partial charge is 0.243 e. The van der Waals surface area contributed by atoms with E-state index in [0.29, 0.717) is 35.8 Å². The number of halogens is 1. The number of hydrogen-bond donors (Lipinski definition) is 0. The number of carbonyl (C=O) groups excluding carboxylic acids is 1. The van der Waals surface area contributed by atoms with E-state index in [1.54, 1.807) is 30.3 Å². The van der Waals surface area contributed by atoms with Crippen molar-refractivity contribution in [2.45, 2.75) is 49.6 Å². The Morgan fingerprint density at radius 3 is 2.17 bits per heavy atom. The third-order valence-corrected chi connectivity index (χ3v) is 8.31. The summed E-state index contributed by atoms with van der Waals surface area (Å²) in [5.74, 6) is 0.0132. The van der Waals surface area contributed by atoms with Crippen molar-refractivity contribution in [3.05, 3.63) is 65.2 Å². The molecule has 0 bridgehead atoms. The monoisotopic (exact) mass is 446 g/mol. The molecule has 1 heterocycles. The summed E-state index contributed by atoms with van der Waals surface area (Å²) in [5.41, 5.74) is 1.07. The molecule has 1 atom stereocenters. The minimum absolute atomic E-state index is 0.0200. The van der Waals surface area contributed by atoms with Crippen molar-refractivity contribution in [1.29, 1.82) is 0 Å². The van der Waals surface area contributed by atoms with E-state index in [4.69, 9.17) is 11.6 Å². The van der Waals surface area contributed by atoms with Gasteiger partial charge in [0.2, 0.25) is 15.9 Å². The quantitative estimate of drug-likeness (QED) is 0.656. The van der Waals surface area contributed by atoms with Gasteiger partial charge in [-0.1, -0.05) is 41.9 Å². The molecule has 160 valence electrons. The Balaban J connectivity index is 1.44. The molecule has 2 fully saturated rings. The molecule has 0 spiro atoms. The maximum Gasteiger partial charge on any atom is 0.243 e. The Morgan fingerprint density at radius 2 is 1.60 bits per heavy atom. The SMILES string of the molecule is CC(c1ccc(Cl)cc1)N(C(=O)C1CCN(S(=O)(=O)c2ccccc2)CC1)C1CC1. The summed E-state index contributed by atoms with van der Waals surface area (Å²) in [6.45, 7) is 2.82. The molecular weight excluding hydrogens is 420 g/mol. The zero-order chi connectivity index (χ0) is 21.3. The molecule has 1 unspecified atom stereocenters. The highest BCUT2D eigenvalue weighted by Gasteiger charge is 2.41. The molecule has 1 aliphatic heterocycles. The Bertz CT molecular complexity index is 983. The predicted octanol–water partition coefficient (Wildman–Crippen LogP) is 4.49. The van der Waals surface area contributed by atoms with Gasteiger partial charge in [-0.25, -0.2) is 8.42 Å². The van der Waals surface area contributed by atoms with Crippen molar-refractivity contribution >= 4 is 27.5 Å². The van der Waals surface area contributed by atoms with E-state index >= 15 is 0 Å². The maximum atomic E-state index is 13.4. The molecular formula is C23H27ClN2O3S. The fourth-order valence-corrected chi connectivity index (χ4v) is 5.85. The van der Waals surface area contributed by atoms with Crippen LogP contribution in [0.25, 0.3) is 0 Å². The lowest BCUT2D eigenvalue weighted by Gasteiger charge is -2.36. The number of benzene rings is 2. The molecule has 2 aliphatic rings. The van der Waals surface area contributed by atoms with Gasteiger partial charge < -0.3 is 4.90 Å². The number of sulfonamides is 1. The highest BCUT2D eigenvalue weighted by molar-refractivity contribution is 7.89. The maximum absolute atomic E-state index is 13.4. The number of nitrogens with zero attached hydrogens (tertiary/aromatic N) is 2. The Kier molecular flexibility index (Phi) is 6.19. The summed E-state index contributed by atoms with van der Waals surface area (Å²) in [7, 11) is -3.50. The molecule has 0 radical (unpaired) electrons. The number of carbonyl (C=O) groups is 1. The fourth-order valence-electron chi connectivity index (χ4n) is 4.24. The molecule has 2 aromatic carbocycles. The zero-order valence-electron chi connectivity index (χ0n) is 17.1. The Labute approximate surface area is 183 Å². The highest BCUT2D eigenvalue weighted by Crippen LogP contribution is 2.37. The van der Waals surface area contributed by atoms with Crippen LogP contribution in [-0.4, -0.2) is 42.7 Å². The van der Waals surface area contributed by atoms with E-state index < -0.39 is 10.0 Å². The van der Waals surface area contributed by atoms with Crippen LogP contribution in [0.5, 0.6) is 0 Å². The second-order valence-electron chi connectivity index (χ2n) is 8.20. The van der Waals surface area contributed by atoms with Crippen LogP contribution in [0.3, 0.4) is 0 Å². The van der Waals surface area contributed by atoms with E-state index in [0.717, 1.165) is 18.4 Å². The van der Waals surface area contributed by atoms with Crippen molar-refractivity contribution in [1.82, 2.24) is 9.21 Å². The van der Waals surface area contributed by atoms with Crippen molar-refractivity contribution in [2.24, 2.45) is 5.92 Å². The lowest BCUT2D eigenvalue weighted by Crippen LogP contribution is -2.45. The lowest BCUT2D eigenvalue weighted by molar-refractivity contribution is -0.139. The number of piperidine rings is 1. The van der Waals surface area contributed by atoms with E-state index in [9.17, 15) is 13.2 Å². The van der Waals surface area contributed by atoms with E-state index in [2.05, 4.69) is 6.92 Å². The van der Waals surface area contributed by atoms with Crippen LogP contribution < -0.4 is 0 Å². The summed E-state index contributed by atoms with van der Waals surface area (Å²) >= 11 is 6.02. The first-order valence-corrected chi connectivity index (χ1v) is 12.3. The van der Waals surface area contributed by atoms with Gasteiger partial charge in [0.15, 0.2) is 0 Å². The fraction of sp³-hybridized carbons (Fsp3) is 0.435. The van der Waals surface area contributed by atoms with Crippen LogP contribution in [0.1, 0.15) is 44.2 Å². The third kappa shape index (κ3) is 4.41. The van der Waals surface area contributed by atoms with Gasteiger partial charge in [0.25, 0.3) is 0 Å². The van der Waals surface area contributed by atoms with Crippen LogP contribution in [0.2, 0.25) is 5.02 Å². The van der Waals surface area contributed by atoms with Crippen LogP contribution in [0, 0.1) is 5.92 Å². The lowest BCUT2D eigenvalue weighted by atomic mass is 9.95. The number of hydrogen-bond acceptors (Lipinski definition) is 3. The first-order chi connectivity index (χ1) is 14.4. The Morgan fingerprint density at radius 1 is 1.00 bits per heavy atom. The molecule has 2 aromatic rings. The number of rotatable bonds is 6. The normalized spacial score (nSPS) is 19.4. The predicted molar refractivity (Wildman–Crippen MR) is 118 cm³/mol. The van der Waals surface area contributed by atoms with Gasteiger partial charge in [0, 0.05) is 30.1 Å². The molecule has 30 heavy (non-hydrogen) atoms. The van der Waals surface area contributed by atoms with Crippen LogP contribution >= 0.6 is 11.6 Å². The van der Waals surface area contributed by atoms with Gasteiger partial charge in [-0.15, -0.1) is 0 Å². The van der Waals surface area contributed by atoms with Gasteiger partial charge in [-0.05, 0) is 62.4 Å². The molecule has 4 rings (SSSR count). The second-order valence-corrected chi connectivity index (χ2v) is 10.6. The standard InChI is InChI=1S/C23H27ClN2O3S/c1-17(18-7-9-20(24)10-8-18)26(21-11-12-21)23(27)19-13-15-25(16-14-19)30(28,29)22-5-3-2-4-6-22/h2-10,17,19,21H,11-16H2,1H3. The topological polar surface area (TPSA) is 57.7 Å². The van der Waals surface area contributed by atoms with Crippen molar-refractivity contribution < 1.29 is 13.2 Å². The third-order valence-electron chi connectivity index (χ3n) is 6.15. The van der Waals surface area contributed by atoms with E-state index in [1.807, 2.05) is 29.2 Å². The minimum atomic E-state index is -3.50. The summed E-state index contributed by atoms with van der Waals surface area (Å²) in [4.78, 5) is 15.8. The van der Waals surface area contributed by atoms with Crippen LogP contribution in [0.15, 0.2) is 59.5 Å². The zero-order valence-corrected chi connectivity index (χ0v) is 18.6. The first kappa shape index (κ1) is 21.3. The van der Waals surface area contributed by atoms with Gasteiger partial charge in [-0.3, -0.25) is 4.79 Å². The summed E-state index contributed by atoms with van der Waals surface area (Å²) in [6, 6.07) is 16.4. The van der Waals surface area contributed by atoms with Gasteiger partial charge in [-0.2, -0.15) is 4.31 Å². The molecule has 1 saturated heterocycles. The summed E-state index contributed by atoms with van der Waals surface area (Å²) in [5, 5.41) is 0.683. The molecule has 0 N–H and O–H groups in total. The molecule has 7 heteroatoms. The first-order valence-electron chi connectivity index (χ1n) is 10.5. The van der Waals surface area contributed by atoms with Gasteiger partial charge in [0.1, 0.15) is 0 Å². The molecule has 1 aliphatic carbocycles. The molecule has 1 amide bonds. The summed E-state index contributed by atoms with van der Waals surface area (Å²) < 4.78 is 27.2. The van der Waals surface area contributed by atoms with Crippen molar-refractivity contribution in [2.75, 3.05) is 13.1 Å². The average molecular weight is 447 g/mol. The minimum Gasteiger partial charge on any atom is -0.333 e. The summed E-state index contributed by atoms with van der Waals surface area (Å²) in [6.07, 6.45) is 3.18. The van der Waals surface area contributed by atoms with Crippen LogP contribution in [0.4, 0.5) is 0 Å². The molecule has 0 aromatic heterocycles. The second kappa shape index (κ2) is 8.69. The van der Waals surface area contributed by atoms with Crippen LogP contribution in [-0.2, 0) is 14.8 Å². The van der Waals surface area contributed by atoms with Gasteiger partial charge >= 0.3 is 0 Å². The largest absolute Gasteiger partial charge is 0.333 e. The van der Waals surface area contributed by atoms with Gasteiger partial charge in [0.05, 0.1) is 10.9 Å². The Hall–Kier alpha value is -1.89. The highest BCUT2D eigenvalue weighted by atomic mass is 35.5. The molecule has 5 nitrogen and oxygen atoms in total. The average Bonchev–Trinajstić information content (AvgIpc) is 3.60. The number of amides is 1. The van der Waals surface area contributed by atoms with Crippen molar-refractivity contribution in [3.63, 3.8) is 0 Å². The molecule has 1 saturated carbocycles. The van der Waals surface area contributed by atoms with Crippen molar-refractivity contribution in [3.8, 4) is 0 Å². The van der Waals surface area contributed by atoms with E-state index in [1.165, 1.54) is 4.31 Å².